The van der Waals surface area contributed by atoms with Crippen LogP contribution in [0.1, 0.15) is 29.6 Å². The third-order valence-corrected chi connectivity index (χ3v) is 5.99. The van der Waals surface area contributed by atoms with Crippen LogP contribution in [0.2, 0.25) is 5.02 Å². The van der Waals surface area contributed by atoms with Gasteiger partial charge in [-0.2, -0.15) is 0 Å². The fourth-order valence-corrected chi connectivity index (χ4v) is 4.39. The first-order valence-electron chi connectivity index (χ1n) is 9.89. The number of rotatable bonds is 4. The second kappa shape index (κ2) is 7.58. The van der Waals surface area contributed by atoms with Gasteiger partial charge in [0.1, 0.15) is 0 Å². The van der Waals surface area contributed by atoms with E-state index in [-0.39, 0.29) is 12.1 Å². The van der Waals surface area contributed by atoms with Crippen molar-refractivity contribution >= 4 is 28.6 Å². The minimum Gasteiger partial charge on any atom is -0.493 e. The van der Waals surface area contributed by atoms with Gasteiger partial charge in [0, 0.05) is 5.02 Å². The molecule has 0 saturated heterocycles. The second-order valence-corrected chi connectivity index (χ2v) is 7.84. The molecule has 6 heteroatoms. The van der Waals surface area contributed by atoms with E-state index in [0.717, 1.165) is 45.5 Å². The number of benzene rings is 3. The van der Waals surface area contributed by atoms with Gasteiger partial charge < -0.3 is 19.4 Å². The van der Waals surface area contributed by atoms with Crippen molar-refractivity contribution in [3.05, 3.63) is 82.9 Å². The van der Waals surface area contributed by atoms with Gasteiger partial charge >= 0.3 is 0 Å². The third kappa shape index (κ3) is 3.15. The summed E-state index contributed by atoms with van der Waals surface area (Å²) in [6.07, 6.45) is 0.866. The zero-order valence-electron chi connectivity index (χ0n) is 16.8. The van der Waals surface area contributed by atoms with Crippen LogP contribution in [-0.4, -0.2) is 23.8 Å². The second-order valence-electron chi connectivity index (χ2n) is 7.41. The molecule has 0 saturated carbocycles. The lowest BCUT2D eigenvalue weighted by atomic mass is 9.92. The summed E-state index contributed by atoms with van der Waals surface area (Å²) in [5, 5.41) is 4.36. The van der Waals surface area contributed by atoms with E-state index < -0.39 is 0 Å². The van der Waals surface area contributed by atoms with Gasteiger partial charge in [0.15, 0.2) is 11.5 Å². The van der Waals surface area contributed by atoms with Gasteiger partial charge in [-0.25, -0.2) is 4.98 Å². The number of nitrogens with one attached hydrogen (secondary N) is 1. The highest BCUT2D eigenvalue weighted by Crippen LogP contribution is 2.43. The van der Waals surface area contributed by atoms with Crippen LogP contribution in [0.4, 0.5) is 5.95 Å². The summed E-state index contributed by atoms with van der Waals surface area (Å²) < 4.78 is 13.3. The number of nitrogens with zero attached hydrogens (tertiary/aromatic N) is 2. The van der Waals surface area contributed by atoms with E-state index in [9.17, 15) is 0 Å². The Morgan fingerprint density at radius 2 is 1.67 bits per heavy atom. The molecule has 2 unspecified atom stereocenters. The molecule has 5 rings (SSSR count). The molecule has 0 bridgehead atoms. The average Bonchev–Trinajstić information content (AvgIpc) is 3.17. The topological polar surface area (TPSA) is 48.3 Å². The summed E-state index contributed by atoms with van der Waals surface area (Å²) in [6.45, 7) is 0. The van der Waals surface area contributed by atoms with E-state index in [1.54, 1.807) is 14.2 Å². The number of aromatic nitrogens is 2. The predicted molar refractivity (Wildman–Crippen MR) is 120 cm³/mol. The molecular formula is C24H22ClN3O2. The van der Waals surface area contributed by atoms with Crippen LogP contribution in [0, 0.1) is 0 Å². The molecular weight excluding hydrogens is 398 g/mol. The van der Waals surface area contributed by atoms with Crippen molar-refractivity contribution in [2.24, 2.45) is 0 Å². The van der Waals surface area contributed by atoms with Gasteiger partial charge in [-0.1, -0.05) is 41.9 Å². The van der Waals surface area contributed by atoms with Gasteiger partial charge in [-0.3, -0.25) is 0 Å². The van der Waals surface area contributed by atoms with Crippen LogP contribution < -0.4 is 14.8 Å². The molecule has 3 aromatic carbocycles. The minimum absolute atomic E-state index is 0.0918. The van der Waals surface area contributed by atoms with E-state index in [4.69, 9.17) is 26.1 Å². The summed E-state index contributed by atoms with van der Waals surface area (Å²) in [5.74, 6) is 2.31. The van der Waals surface area contributed by atoms with Gasteiger partial charge in [-0.05, 0) is 53.9 Å². The Kier molecular flexibility index (Phi) is 4.75. The fourth-order valence-electron chi connectivity index (χ4n) is 4.26. The lowest BCUT2D eigenvalue weighted by Crippen LogP contribution is -2.27. The predicted octanol–water partition coefficient (Wildman–Crippen LogP) is 5.85. The SMILES string of the molecule is COc1ccc(C2CC(c3ccc(Cl)cc3)Nc3nc4ccccc4n32)cc1OC. The highest BCUT2D eigenvalue weighted by Gasteiger charge is 2.31. The van der Waals surface area contributed by atoms with Crippen LogP contribution >= 0.6 is 11.6 Å². The monoisotopic (exact) mass is 419 g/mol. The van der Waals surface area contributed by atoms with Crippen molar-refractivity contribution < 1.29 is 9.47 Å². The Balaban J connectivity index is 1.65. The van der Waals surface area contributed by atoms with Crippen LogP contribution in [0.5, 0.6) is 11.5 Å². The maximum Gasteiger partial charge on any atom is 0.204 e. The van der Waals surface area contributed by atoms with Crippen molar-refractivity contribution in [3.8, 4) is 11.5 Å². The first-order chi connectivity index (χ1) is 14.7. The van der Waals surface area contributed by atoms with Gasteiger partial charge in [0.2, 0.25) is 5.95 Å². The Bertz CT molecular complexity index is 1200. The van der Waals surface area contributed by atoms with E-state index >= 15 is 0 Å². The maximum absolute atomic E-state index is 6.11. The fraction of sp³-hybridized carbons (Fsp3) is 0.208. The molecule has 0 fully saturated rings. The van der Waals surface area contributed by atoms with Crippen molar-refractivity contribution in [1.82, 2.24) is 9.55 Å². The molecule has 0 spiro atoms. The number of halogens is 1. The molecule has 2 atom stereocenters. The molecule has 30 heavy (non-hydrogen) atoms. The smallest absolute Gasteiger partial charge is 0.204 e. The van der Waals surface area contributed by atoms with Crippen LogP contribution in [-0.2, 0) is 0 Å². The summed E-state index contributed by atoms with van der Waals surface area (Å²) in [5.41, 5.74) is 4.41. The number of fused-ring (bicyclic) bond motifs is 3. The Labute approximate surface area is 180 Å². The van der Waals surface area contributed by atoms with Gasteiger partial charge in [0.25, 0.3) is 0 Å². The number of hydrogen-bond donors (Lipinski definition) is 1. The normalized spacial score (nSPS) is 18.0. The molecule has 0 aliphatic carbocycles. The molecule has 2 heterocycles. The van der Waals surface area contributed by atoms with E-state index in [2.05, 4.69) is 40.2 Å². The van der Waals surface area contributed by atoms with E-state index in [0.29, 0.717) is 0 Å². The largest absolute Gasteiger partial charge is 0.493 e. The number of imidazole rings is 1. The Hall–Kier alpha value is -3.18. The minimum atomic E-state index is 0.0918. The Morgan fingerprint density at radius 1 is 0.933 bits per heavy atom. The molecule has 1 aliphatic rings. The molecule has 1 aromatic heterocycles. The molecule has 0 radical (unpaired) electrons. The standard InChI is InChI=1S/C24H22ClN3O2/c1-29-22-12-9-16(13-23(22)30-2)21-14-19(15-7-10-17(25)11-8-15)27-24-26-18-5-3-4-6-20(18)28(21)24/h3-13,19,21H,14H2,1-2H3,(H,26,27). The first kappa shape index (κ1) is 18.8. The summed E-state index contributed by atoms with van der Waals surface area (Å²) in [7, 11) is 3.32. The van der Waals surface area contributed by atoms with Crippen molar-refractivity contribution in [3.63, 3.8) is 0 Å². The molecule has 152 valence electrons. The molecule has 4 aromatic rings. The number of ether oxygens (including phenoxy) is 2. The number of para-hydroxylation sites is 2. The third-order valence-electron chi connectivity index (χ3n) is 5.73. The zero-order valence-corrected chi connectivity index (χ0v) is 17.6. The summed E-state index contributed by atoms with van der Waals surface area (Å²) >= 11 is 6.11. The molecule has 1 aliphatic heterocycles. The summed E-state index contributed by atoms with van der Waals surface area (Å²) in [6, 6.07) is 22.6. The lowest BCUT2D eigenvalue weighted by molar-refractivity contribution is 0.353. The lowest BCUT2D eigenvalue weighted by Gasteiger charge is -2.33. The average molecular weight is 420 g/mol. The van der Waals surface area contributed by atoms with Gasteiger partial charge in [-0.15, -0.1) is 0 Å². The van der Waals surface area contributed by atoms with Crippen molar-refractivity contribution in [2.45, 2.75) is 18.5 Å². The highest BCUT2D eigenvalue weighted by molar-refractivity contribution is 6.30. The quantitative estimate of drug-likeness (QED) is 0.450. The Morgan fingerprint density at radius 3 is 2.43 bits per heavy atom. The van der Waals surface area contributed by atoms with Crippen molar-refractivity contribution in [2.75, 3.05) is 19.5 Å². The van der Waals surface area contributed by atoms with Gasteiger partial charge in [0.05, 0.1) is 37.3 Å². The first-order valence-corrected chi connectivity index (χ1v) is 10.3. The van der Waals surface area contributed by atoms with Crippen LogP contribution in [0.25, 0.3) is 11.0 Å². The van der Waals surface area contributed by atoms with E-state index in [1.807, 2.05) is 36.4 Å². The molecule has 1 N–H and O–H groups in total. The highest BCUT2D eigenvalue weighted by atomic mass is 35.5. The van der Waals surface area contributed by atoms with Crippen LogP contribution in [0.3, 0.4) is 0 Å². The van der Waals surface area contributed by atoms with Crippen molar-refractivity contribution in [1.29, 1.82) is 0 Å². The number of anilines is 1. The maximum atomic E-state index is 6.11. The molecule has 5 nitrogen and oxygen atoms in total. The summed E-state index contributed by atoms with van der Waals surface area (Å²) in [4.78, 5) is 4.87. The molecule has 0 amide bonds. The number of methoxy groups -OCH3 is 2. The van der Waals surface area contributed by atoms with E-state index in [1.165, 1.54) is 5.56 Å². The zero-order chi connectivity index (χ0) is 20.7. The number of hydrogen-bond acceptors (Lipinski definition) is 4. The van der Waals surface area contributed by atoms with Crippen LogP contribution in [0.15, 0.2) is 66.7 Å².